The Bertz CT molecular complexity index is 1210. The van der Waals surface area contributed by atoms with Crippen LogP contribution in [0, 0.1) is 0 Å². The molecule has 6 heteroatoms. The van der Waals surface area contributed by atoms with Crippen LogP contribution in [0.3, 0.4) is 0 Å². The number of carbonyl (C=O) groups excluding carboxylic acids is 1. The van der Waals surface area contributed by atoms with Crippen molar-refractivity contribution in [3.8, 4) is 17.0 Å². The third kappa shape index (κ3) is 4.43. The maximum absolute atomic E-state index is 12.2. The molecule has 3 aromatic carbocycles. The number of hydrogen-bond donors (Lipinski definition) is 2. The van der Waals surface area contributed by atoms with Crippen LogP contribution in [0.5, 0.6) is 5.75 Å². The second-order valence-electron chi connectivity index (χ2n) is 7.08. The van der Waals surface area contributed by atoms with Crippen LogP contribution in [0.15, 0.2) is 84.0 Å². The van der Waals surface area contributed by atoms with Crippen LogP contribution >= 0.6 is 0 Å². The number of rotatable bonds is 7. The van der Waals surface area contributed by atoms with Crippen molar-refractivity contribution < 1.29 is 9.53 Å². The first-order chi connectivity index (χ1) is 15.2. The molecule has 4 aromatic rings. The smallest absolute Gasteiger partial charge is 0.259 e. The summed E-state index contributed by atoms with van der Waals surface area (Å²) in [6.07, 6.45) is 1.72. The summed E-state index contributed by atoms with van der Waals surface area (Å²) < 4.78 is 7.29. The van der Waals surface area contributed by atoms with Crippen LogP contribution in [-0.2, 0) is 11.8 Å². The second kappa shape index (κ2) is 9.17. The van der Waals surface area contributed by atoms with E-state index in [9.17, 15) is 4.79 Å². The molecule has 4 rings (SSSR count). The van der Waals surface area contributed by atoms with Crippen molar-refractivity contribution >= 4 is 28.7 Å². The van der Waals surface area contributed by atoms with Gasteiger partial charge in [-0.25, -0.2) is 5.43 Å². The lowest BCUT2D eigenvalue weighted by Crippen LogP contribution is -2.25. The number of nitrogens with one attached hydrogen (secondary N) is 2. The lowest BCUT2D eigenvalue weighted by atomic mass is 10.1. The van der Waals surface area contributed by atoms with Crippen LogP contribution in [0.25, 0.3) is 22.2 Å². The Morgan fingerprint density at radius 2 is 1.71 bits per heavy atom. The Kier molecular flexibility index (Phi) is 5.98. The molecule has 0 atom stereocenters. The number of hydrazone groups is 1. The molecule has 6 nitrogen and oxygen atoms in total. The zero-order valence-electron chi connectivity index (χ0n) is 17.5. The average Bonchev–Trinajstić information content (AvgIpc) is 3.10. The fourth-order valence-electron chi connectivity index (χ4n) is 3.60. The third-order valence-corrected chi connectivity index (χ3v) is 5.12. The molecule has 0 aliphatic heterocycles. The van der Waals surface area contributed by atoms with Crippen LogP contribution in [-0.4, -0.2) is 30.3 Å². The molecular formula is C25H24N4O2. The predicted octanol–water partition coefficient (Wildman–Crippen LogP) is 4.42. The Balaban J connectivity index is 1.50. The summed E-state index contributed by atoms with van der Waals surface area (Å²) in [5.41, 5.74) is 7.66. The lowest BCUT2D eigenvalue weighted by molar-refractivity contribution is -0.119. The molecule has 0 aliphatic rings. The molecule has 31 heavy (non-hydrogen) atoms. The van der Waals surface area contributed by atoms with Gasteiger partial charge in [-0.1, -0.05) is 48.5 Å². The highest BCUT2D eigenvalue weighted by Crippen LogP contribution is 2.31. The molecule has 0 saturated heterocycles. The van der Waals surface area contributed by atoms with Gasteiger partial charge in [-0.05, 0) is 35.9 Å². The van der Waals surface area contributed by atoms with E-state index >= 15 is 0 Å². The summed E-state index contributed by atoms with van der Waals surface area (Å²) in [7, 11) is 3.66. The average molecular weight is 412 g/mol. The summed E-state index contributed by atoms with van der Waals surface area (Å²) in [6, 6.07) is 25.7. The van der Waals surface area contributed by atoms with E-state index in [0.717, 1.165) is 39.2 Å². The summed E-state index contributed by atoms with van der Waals surface area (Å²) in [6.45, 7) is 0.116. The zero-order valence-corrected chi connectivity index (χ0v) is 17.5. The molecule has 0 fully saturated rings. The topological polar surface area (TPSA) is 67.7 Å². The highest BCUT2D eigenvalue weighted by Gasteiger charge is 2.15. The van der Waals surface area contributed by atoms with Gasteiger partial charge in [0.15, 0.2) is 0 Å². The van der Waals surface area contributed by atoms with E-state index in [1.54, 1.807) is 13.3 Å². The standard InChI is InChI=1S/C25H24N4O2/c1-29-23-11-7-6-10-21(23)22(25(29)18-8-4-3-5-9-18)16-27-28-24(30)17-26-19-12-14-20(31-2)15-13-19/h3-16,26H,17H2,1-2H3,(H,28,30)/b27-16-. The number of benzene rings is 3. The maximum Gasteiger partial charge on any atom is 0.259 e. The molecule has 0 spiro atoms. The van der Waals surface area contributed by atoms with Crippen molar-refractivity contribution in [2.45, 2.75) is 0 Å². The number of aromatic nitrogens is 1. The number of carbonyl (C=O) groups is 1. The van der Waals surface area contributed by atoms with Crippen molar-refractivity contribution in [3.63, 3.8) is 0 Å². The highest BCUT2D eigenvalue weighted by atomic mass is 16.5. The van der Waals surface area contributed by atoms with Gasteiger partial charge in [0.05, 0.1) is 25.6 Å². The number of aryl methyl sites for hydroxylation is 1. The molecule has 0 unspecified atom stereocenters. The van der Waals surface area contributed by atoms with E-state index < -0.39 is 0 Å². The molecular weight excluding hydrogens is 388 g/mol. The van der Waals surface area contributed by atoms with Gasteiger partial charge in [0, 0.05) is 29.2 Å². The van der Waals surface area contributed by atoms with Gasteiger partial charge in [-0.15, -0.1) is 0 Å². The number of nitrogens with zero attached hydrogens (tertiary/aromatic N) is 2. The fraction of sp³-hybridized carbons (Fsp3) is 0.120. The number of anilines is 1. The van der Waals surface area contributed by atoms with Crippen molar-refractivity contribution in [1.29, 1.82) is 0 Å². The van der Waals surface area contributed by atoms with Crippen molar-refractivity contribution in [1.82, 2.24) is 9.99 Å². The zero-order chi connectivity index (χ0) is 21.6. The Morgan fingerprint density at radius 3 is 2.45 bits per heavy atom. The van der Waals surface area contributed by atoms with E-state index in [0.29, 0.717) is 0 Å². The molecule has 0 saturated carbocycles. The van der Waals surface area contributed by atoms with E-state index in [4.69, 9.17) is 4.74 Å². The fourth-order valence-corrected chi connectivity index (χ4v) is 3.60. The van der Waals surface area contributed by atoms with E-state index in [2.05, 4.69) is 44.7 Å². The first-order valence-corrected chi connectivity index (χ1v) is 10.00. The SMILES string of the molecule is COc1ccc(NCC(=O)N/N=C\c2c(-c3ccccc3)n(C)c3ccccc23)cc1. The summed E-state index contributed by atoms with van der Waals surface area (Å²) in [5, 5.41) is 8.38. The lowest BCUT2D eigenvalue weighted by Gasteiger charge is -2.07. The highest BCUT2D eigenvalue weighted by molar-refractivity contribution is 6.06. The van der Waals surface area contributed by atoms with Crippen molar-refractivity contribution in [2.24, 2.45) is 12.1 Å². The number of amides is 1. The third-order valence-electron chi connectivity index (χ3n) is 5.12. The minimum Gasteiger partial charge on any atom is -0.497 e. The first kappa shape index (κ1) is 20.2. The Labute approximate surface area is 181 Å². The maximum atomic E-state index is 12.2. The predicted molar refractivity (Wildman–Crippen MR) is 126 cm³/mol. The van der Waals surface area contributed by atoms with Gasteiger partial charge >= 0.3 is 0 Å². The number of ether oxygens (including phenoxy) is 1. The molecule has 0 radical (unpaired) electrons. The van der Waals surface area contributed by atoms with Crippen LogP contribution in [0.2, 0.25) is 0 Å². The molecule has 1 aromatic heterocycles. The van der Waals surface area contributed by atoms with Gasteiger partial charge < -0.3 is 14.6 Å². The largest absolute Gasteiger partial charge is 0.497 e. The Hall–Kier alpha value is -4.06. The van der Waals surface area contributed by atoms with Crippen LogP contribution in [0.4, 0.5) is 5.69 Å². The van der Waals surface area contributed by atoms with Gasteiger partial charge in [-0.2, -0.15) is 5.10 Å². The number of fused-ring (bicyclic) bond motifs is 1. The number of para-hydroxylation sites is 1. The second-order valence-corrected chi connectivity index (χ2v) is 7.08. The Morgan fingerprint density at radius 1 is 1.00 bits per heavy atom. The summed E-state index contributed by atoms with van der Waals surface area (Å²) >= 11 is 0. The minimum atomic E-state index is -0.228. The number of hydrogen-bond acceptors (Lipinski definition) is 4. The summed E-state index contributed by atoms with van der Waals surface area (Å²) in [4.78, 5) is 12.2. The molecule has 0 aliphatic carbocycles. The molecule has 1 heterocycles. The van der Waals surface area contributed by atoms with Gasteiger partial charge in [0.2, 0.25) is 0 Å². The summed E-state index contributed by atoms with van der Waals surface area (Å²) in [5.74, 6) is 0.539. The van der Waals surface area contributed by atoms with Crippen LogP contribution in [0.1, 0.15) is 5.56 Å². The monoisotopic (exact) mass is 412 g/mol. The first-order valence-electron chi connectivity index (χ1n) is 10.00. The van der Waals surface area contributed by atoms with Gasteiger partial charge in [0.1, 0.15) is 5.75 Å². The molecule has 0 bridgehead atoms. The van der Waals surface area contributed by atoms with Crippen molar-refractivity contribution in [3.05, 3.63) is 84.4 Å². The number of methoxy groups -OCH3 is 1. The van der Waals surface area contributed by atoms with E-state index in [1.807, 2.05) is 61.6 Å². The van der Waals surface area contributed by atoms with Crippen LogP contribution < -0.4 is 15.5 Å². The normalized spacial score (nSPS) is 11.0. The van der Waals surface area contributed by atoms with E-state index in [-0.39, 0.29) is 12.5 Å². The molecule has 1 amide bonds. The van der Waals surface area contributed by atoms with Crippen molar-refractivity contribution in [2.75, 3.05) is 19.0 Å². The molecule has 156 valence electrons. The minimum absolute atomic E-state index is 0.116. The van der Waals surface area contributed by atoms with Gasteiger partial charge in [0.25, 0.3) is 5.91 Å². The van der Waals surface area contributed by atoms with E-state index in [1.165, 1.54) is 0 Å². The molecule has 2 N–H and O–H groups in total. The quantitative estimate of drug-likeness (QED) is 0.349. The van der Waals surface area contributed by atoms with Gasteiger partial charge in [-0.3, -0.25) is 4.79 Å².